The fourth-order valence-electron chi connectivity index (χ4n) is 2.53. The Labute approximate surface area is 123 Å². The van der Waals surface area contributed by atoms with E-state index in [0.717, 1.165) is 4.90 Å². The third-order valence-electron chi connectivity index (χ3n) is 3.77. The number of likely N-dealkylation sites (tertiary alicyclic amines) is 1. The minimum atomic E-state index is -4.73. The van der Waals surface area contributed by atoms with Crippen molar-refractivity contribution in [2.24, 2.45) is 11.8 Å². The molecule has 22 heavy (non-hydrogen) atoms. The Morgan fingerprint density at radius 3 is 2.41 bits per heavy atom. The third kappa shape index (κ3) is 2.90. The van der Waals surface area contributed by atoms with Crippen molar-refractivity contribution in [2.75, 3.05) is 13.1 Å². The zero-order valence-electron chi connectivity index (χ0n) is 11.5. The highest BCUT2D eigenvalue weighted by Gasteiger charge is 2.53. The van der Waals surface area contributed by atoms with E-state index in [1.807, 2.05) is 0 Å². The quantitative estimate of drug-likeness (QED) is 0.852. The van der Waals surface area contributed by atoms with Crippen molar-refractivity contribution in [1.29, 1.82) is 0 Å². The maximum Gasteiger partial charge on any atom is 0.394 e. The maximum atomic E-state index is 13.9. The second-order valence-corrected chi connectivity index (χ2v) is 5.24. The summed E-state index contributed by atoms with van der Waals surface area (Å²) in [5, 5.41) is 8.90. The standard InChI is InChI=1S/C14H13F4NO3/c1-7-3-2-4-8(11(7)15)12(20)19-5-9(13(21)22)10(6-19)14(16,17)18/h2-4,9-10H,5-6H2,1H3,(H,21,22)/t9-,10-/m1/s1. The van der Waals surface area contributed by atoms with Crippen molar-refractivity contribution < 1.29 is 32.3 Å². The second kappa shape index (κ2) is 5.58. The van der Waals surface area contributed by atoms with Gasteiger partial charge in [0.1, 0.15) is 5.82 Å². The van der Waals surface area contributed by atoms with Crippen molar-refractivity contribution in [3.8, 4) is 0 Å². The number of aryl methyl sites for hydroxylation is 1. The molecule has 1 amide bonds. The fraction of sp³-hybridized carbons (Fsp3) is 0.429. The van der Waals surface area contributed by atoms with E-state index < -0.39 is 48.8 Å². The van der Waals surface area contributed by atoms with Gasteiger partial charge in [0.05, 0.1) is 17.4 Å². The first kappa shape index (κ1) is 16.3. The van der Waals surface area contributed by atoms with Gasteiger partial charge in [0.15, 0.2) is 0 Å². The average molecular weight is 319 g/mol. The van der Waals surface area contributed by atoms with Gasteiger partial charge in [0.2, 0.25) is 0 Å². The lowest BCUT2D eigenvalue weighted by atomic mass is 9.96. The number of nitrogens with zero attached hydrogens (tertiary/aromatic N) is 1. The number of rotatable bonds is 2. The van der Waals surface area contributed by atoms with Crippen LogP contribution in [0.5, 0.6) is 0 Å². The number of hydrogen-bond acceptors (Lipinski definition) is 2. The molecule has 0 aromatic heterocycles. The van der Waals surface area contributed by atoms with Crippen LogP contribution in [0.4, 0.5) is 17.6 Å². The summed E-state index contributed by atoms with van der Waals surface area (Å²) in [7, 11) is 0. The van der Waals surface area contributed by atoms with Crippen molar-refractivity contribution in [2.45, 2.75) is 13.1 Å². The molecular weight excluding hydrogens is 306 g/mol. The lowest BCUT2D eigenvalue weighted by Gasteiger charge is -2.18. The Morgan fingerprint density at radius 2 is 1.91 bits per heavy atom. The van der Waals surface area contributed by atoms with Gasteiger partial charge in [0.25, 0.3) is 5.91 Å². The molecule has 0 radical (unpaired) electrons. The molecule has 0 aliphatic carbocycles. The molecule has 1 N–H and O–H groups in total. The highest BCUT2D eigenvalue weighted by atomic mass is 19.4. The molecule has 1 aromatic carbocycles. The minimum absolute atomic E-state index is 0.187. The Balaban J connectivity index is 2.29. The van der Waals surface area contributed by atoms with E-state index in [9.17, 15) is 27.2 Å². The Kier molecular flexibility index (Phi) is 4.12. The molecule has 0 bridgehead atoms. The number of carboxylic acid groups (broad SMARTS) is 1. The fourth-order valence-corrected chi connectivity index (χ4v) is 2.53. The highest BCUT2D eigenvalue weighted by molar-refractivity contribution is 5.95. The van der Waals surface area contributed by atoms with Gasteiger partial charge in [-0.15, -0.1) is 0 Å². The summed E-state index contributed by atoms with van der Waals surface area (Å²) >= 11 is 0. The van der Waals surface area contributed by atoms with Gasteiger partial charge in [-0.1, -0.05) is 12.1 Å². The molecule has 8 heteroatoms. The van der Waals surface area contributed by atoms with Crippen LogP contribution in [0.15, 0.2) is 18.2 Å². The largest absolute Gasteiger partial charge is 0.481 e. The molecule has 0 saturated carbocycles. The van der Waals surface area contributed by atoms with Crippen LogP contribution < -0.4 is 0 Å². The lowest BCUT2D eigenvalue weighted by Crippen LogP contribution is -2.34. The lowest BCUT2D eigenvalue weighted by molar-refractivity contribution is -0.187. The first-order valence-corrected chi connectivity index (χ1v) is 6.47. The van der Waals surface area contributed by atoms with E-state index in [2.05, 4.69) is 0 Å². The molecule has 1 aromatic rings. The normalized spacial score (nSPS) is 22.0. The van der Waals surface area contributed by atoms with E-state index in [4.69, 9.17) is 5.11 Å². The van der Waals surface area contributed by atoms with Crippen LogP contribution in [0.2, 0.25) is 0 Å². The molecule has 2 atom stereocenters. The van der Waals surface area contributed by atoms with Gasteiger partial charge < -0.3 is 10.0 Å². The maximum absolute atomic E-state index is 13.9. The number of carbonyl (C=O) groups is 2. The Hall–Kier alpha value is -2.12. The Morgan fingerprint density at radius 1 is 1.27 bits per heavy atom. The number of benzene rings is 1. The molecular formula is C14H13F4NO3. The molecule has 1 aliphatic heterocycles. The van der Waals surface area contributed by atoms with Gasteiger partial charge in [-0.25, -0.2) is 4.39 Å². The number of amides is 1. The van der Waals surface area contributed by atoms with Gasteiger partial charge in [0, 0.05) is 13.1 Å². The van der Waals surface area contributed by atoms with Gasteiger partial charge in [-0.2, -0.15) is 13.2 Å². The first-order valence-electron chi connectivity index (χ1n) is 6.47. The number of carbonyl (C=O) groups excluding carboxylic acids is 1. The van der Waals surface area contributed by atoms with Crippen molar-refractivity contribution in [1.82, 2.24) is 4.90 Å². The van der Waals surface area contributed by atoms with E-state index in [0.29, 0.717) is 0 Å². The molecule has 0 spiro atoms. The van der Waals surface area contributed by atoms with E-state index in [1.165, 1.54) is 25.1 Å². The zero-order chi connectivity index (χ0) is 16.7. The third-order valence-corrected chi connectivity index (χ3v) is 3.77. The summed E-state index contributed by atoms with van der Waals surface area (Å²) in [6.45, 7) is 0.0487. The van der Waals surface area contributed by atoms with E-state index in [1.54, 1.807) is 0 Å². The van der Waals surface area contributed by atoms with Crippen LogP contribution in [-0.4, -0.2) is 41.1 Å². The van der Waals surface area contributed by atoms with Crippen LogP contribution in [0, 0.1) is 24.6 Å². The summed E-state index contributed by atoms with van der Waals surface area (Å²) in [5.74, 6) is -7.25. The average Bonchev–Trinajstić information content (AvgIpc) is 2.86. The smallest absolute Gasteiger partial charge is 0.394 e. The van der Waals surface area contributed by atoms with Crippen LogP contribution >= 0.6 is 0 Å². The van der Waals surface area contributed by atoms with E-state index >= 15 is 0 Å². The molecule has 4 nitrogen and oxygen atoms in total. The number of hydrogen-bond donors (Lipinski definition) is 1. The molecule has 2 rings (SSSR count). The molecule has 1 saturated heterocycles. The monoisotopic (exact) mass is 319 g/mol. The number of aliphatic carboxylic acids is 1. The molecule has 1 heterocycles. The first-order chi connectivity index (χ1) is 10.1. The Bertz CT molecular complexity index is 615. The summed E-state index contributed by atoms with van der Waals surface area (Å²) in [4.78, 5) is 23.9. The molecule has 1 fully saturated rings. The van der Waals surface area contributed by atoms with Gasteiger partial charge >= 0.3 is 12.1 Å². The van der Waals surface area contributed by atoms with Crippen molar-refractivity contribution in [3.63, 3.8) is 0 Å². The SMILES string of the molecule is Cc1cccc(C(=O)N2C[C@@H](C(F)(F)F)[C@H](C(=O)O)C2)c1F. The number of halogens is 4. The summed E-state index contributed by atoms with van der Waals surface area (Å²) in [5.41, 5.74) is -0.167. The highest BCUT2D eigenvalue weighted by Crippen LogP contribution is 2.38. The molecule has 0 unspecified atom stereocenters. The number of carboxylic acids is 1. The van der Waals surface area contributed by atoms with E-state index in [-0.39, 0.29) is 11.1 Å². The molecule has 120 valence electrons. The summed E-state index contributed by atoms with van der Waals surface area (Å²) < 4.78 is 52.5. The summed E-state index contributed by atoms with van der Waals surface area (Å²) in [6.07, 6.45) is -4.73. The van der Waals surface area contributed by atoms with Crippen LogP contribution in [0.25, 0.3) is 0 Å². The topological polar surface area (TPSA) is 57.6 Å². The second-order valence-electron chi connectivity index (χ2n) is 5.24. The van der Waals surface area contributed by atoms with Crippen LogP contribution in [0.1, 0.15) is 15.9 Å². The van der Waals surface area contributed by atoms with Crippen molar-refractivity contribution >= 4 is 11.9 Å². The van der Waals surface area contributed by atoms with Gasteiger partial charge in [-0.05, 0) is 18.6 Å². The predicted octanol–water partition coefficient (Wildman–Crippen LogP) is 2.47. The summed E-state index contributed by atoms with van der Waals surface area (Å²) in [6, 6.07) is 4.01. The van der Waals surface area contributed by atoms with Crippen LogP contribution in [0.3, 0.4) is 0 Å². The van der Waals surface area contributed by atoms with Gasteiger partial charge in [-0.3, -0.25) is 9.59 Å². The van der Waals surface area contributed by atoms with Crippen LogP contribution in [-0.2, 0) is 4.79 Å². The predicted molar refractivity (Wildman–Crippen MR) is 67.7 cm³/mol. The molecule has 1 aliphatic rings. The number of alkyl halides is 3. The zero-order valence-corrected chi connectivity index (χ0v) is 11.5. The minimum Gasteiger partial charge on any atom is -0.481 e. The van der Waals surface area contributed by atoms with Crippen molar-refractivity contribution in [3.05, 3.63) is 35.1 Å².